The van der Waals surface area contributed by atoms with Crippen molar-refractivity contribution in [1.82, 2.24) is 0 Å². The van der Waals surface area contributed by atoms with Crippen molar-refractivity contribution < 1.29 is 15.3 Å². The van der Waals surface area contributed by atoms with Crippen molar-refractivity contribution in [2.45, 2.75) is 71.5 Å². The lowest BCUT2D eigenvalue weighted by Crippen LogP contribution is -2.26. The third kappa shape index (κ3) is 16.5. The molecule has 0 aliphatic rings. The lowest BCUT2D eigenvalue weighted by atomic mass is 10.1. The summed E-state index contributed by atoms with van der Waals surface area (Å²) in [7, 11) is 0. The summed E-state index contributed by atoms with van der Waals surface area (Å²) in [6, 6.07) is 0. The van der Waals surface area contributed by atoms with E-state index < -0.39 is 5.79 Å². The maximum Gasteiger partial charge on any atom is 0.162 e. The van der Waals surface area contributed by atoms with E-state index in [0.29, 0.717) is 19.4 Å². The third-order valence-corrected chi connectivity index (χ3v) is 2.26. The first-order chi connectivity index (χ1) is 7.04. The van der Waals surface area contributed by atoms with Gasteiger partial charge in [-0.05, 0) is 19.3 Å². The van der Waals surface area contributed by atoms with E-state index in [1.165, 1.54) is 0 Å². The van der Waals surface area contributed by atoms with Gasteiger partial charge in [-0.2, -0.15) is 0 Å². The molecule has 0 aromatic carbocycles. The molecule has 0 fully saturated rings. The fourth-order valence-corrected chi connectivity index (χ4v) is 0.993. The molecule has 0 aromatic heterocycles. The quantitative estimate of drug-likeness (QED) is 0.456. The molecule has 0 aromatic rings. The molecule has 0 atom stereocenters. The van der Waals surface area contributed by atoms with Crippen LogP contribution in [0.15, 0.2) is 0 Å². The molecule has 0 aliphatic carbocycles. The van der Waals surface area contributed by atoms with Gasteiger partial charge in [-0.25, -0.2) is 0 Å². The zero-order chi connectivity index (χ0) is 12.2. The molecule has 0 heterocycles. The standard InChI is InChI=1S/C8H18O2.C4H10O/c1-3-5-6-7-8(9,10)4-2;1-2-3-4-5/h9-10H,3-7H2,1-2H3;5H,2-4H2,1H3. The molecule has 3 nitrogen and oxygen atoms in total. The Morgan fingerprint density at radius 3 is 1.67 bits per heavy atom. The summed E-state index contributed by atoms with van der Waals surface area (Å²) in [5.74, 6) is -1.41. The second-order valence-electron chi connectivity index (χ2n) is 3.87. The lowest BCUT2D eigenvalue weighted by molar-refractivity contribution is -0.167. The Morgan fingerprint density at radius 1 is 0.867 bits per heavy atom. The first-order valence-electron chi connectivity index (χ1n) is 6.09. The Kier molecular flexibility index (Phi) is 13.8. The Morgan fingerprint density at radius 2 is 1.40 bits per heavy atom. The normalized spacial score (nSPS) is 10.8. The fraction of sp³-hybridized carbons (Fsp3) is 1.00. The van der Waals surface area contributed by atoms with Gasteiger partial charge in [0.15, 0.2) is 5.79 Å². The third-order valence-electron chi connectivity index (χ3n) is 2.26. The van der Waals surface area contributed by atoms with Gasteiger partial charge in [0.05, 0.1) is 0 Å². The highest BCUT2D eigenvalue weighted by molar-refractivity contribution is 4.60. The molecule has 3 heteroatoms. The molecule has 3 N–H and O–H groups in total. The van der Waals surface area contributed by atoms with Crippen LogP contribution in [0.3, 0.4) is 0 Å². The van der Waals surface area contributed by atoms with Crippen LogP contribution in [0.5, 0.6) is 0 Å². The molecular formula is C12H28O3. The van der Waals surface area contributed by atoms with E-state index in [0.717, 1.165) is 32.1 Å². The van der Waals surface area contributed by atoms with Crippen LogP contribution in [0.1, 0.15) is 65.7 Å². The van der Waals surface area contributed by atoms with Crippen molar-refractivity contribution in [3.63, 3.8) is 0 Å². The molecule has 0 unspecified atom stereocenters. The van der Waals surface area contributed by atoms with Gasteiger partial charge in [0.25, 0.3) is 0 Å². The Balaban J connectivity index is 0. The predicted molar refractivity (Wildman–Crippen MR) is 63.6 cm³/mol. The number of rotatable bonds is 7. The van der Waals surface area contributed by atoms with Gasteiger partial charge in [-0.1, -0.05) is 40.0 Å². The minimum absolute atomic E-state index is 0.344. The van der Waals surface area contributed by atoms with Crippen LogP contribution >= 0.6 is 0 Å². The summed E-state index contributed by atoms with van der Waals surface area (Å²) in [5.41, 5.74) is 0. The van der Waals surface area contributed by atoms with Gasteiger partial charge >= 0.3 is 0 Å². The maximum absolute atomic E-state index is 9.11. The highest BCUT2D eigenvalue weighted by Gasteiger charge is 2.18. The van der Waals surface area contributed by atoms with E-state index in [1.807, 2.05) is 0 Å². The highest BCUT2D eigenvalue weighted by atomic mass is 16.5. The summed E-state index contributed by atoms with van der Waals surface area (Å²) < 4.78 is 0. The topological polar surface area (TPSA) is 60.7 Å². The van der Waals surface area contributed by atoms with Gasteiger partial charge in [-0.15, -0.1) is 0 Å². The van der Waals surface area contributed by atoms with Gasteiger partial charge in [-0.3, -0.25) is 0 Å². The van der Waals surface area contributed by atoms with Crippen molar-refractivity contribution in [1.29, 1.82) is 0 Å². The molecule has 0 amide bonds. The van der Waals surface area contributed by atoms with Crippen LogP contribution in [-0.2, 0) is 0 Å². The monoisotopic (exact) mass is 220 g/mol. The molecule has 0 spiro atoms. The summed E-state index contributed by atoms with van der Waals surface area (Å²) in [6.45, 7) is 6.28. The predicted octanol–water partition coefficient (Wildman–Crippen LogP) is 2.44. The SMILES string of the molecule is CCCCCC(O)(O)CC.CCCCO. The van der Waals surface area contributed by atoms with E-state index in [9.17, 15) is 0 Å². The average molecular weight is 220 g/mol. The van der Waals surface area contributed by atoms with E-state index in [1.54, 1.807) is 6.92 Å². The van der Waals surface area contributed by atoms with E-state index >= 15 is 0 Å². The van der Waals surface area contributed by atoms with E-state index in [2.05, 4.69) is 13.8 Å². The molecule has 0 radical (unpaired) electrons. The number of aliphatic hydroxyl groups excluding tert-OH is 1. The van der Waals surface area contributed by atoms with Crippen LogP contribution in [0.25, 0.3) is 0 Å². The fourth-order valence-electron chi connectivity index (χ4n) is 0.993. The average Bonchev–Trinajstić information content (AvgIpc) is 2.20. The number of hydrogen-bond donors (Lipinski definition) is 3. The molecular weight excluding hydrogens is 192 g/mol. The summed E-state index contributed by atoms with van der Waals surface area (Å²) in [4.78, 5) is 0. The minimum Gasteiger partial charge on any atom is -0.396 e. The smallest absolute Gasteiger partial charge is 0.162 e. The minimum atomic E-state index is -1.41. The summed E-state index contributed by atoms with van der Waals surface area (Å²) >= 11 is 0. The van der Waals surface area contributed by atoms with Crippen LogP contribution < -0.4 is 0 Å². The zero-order valence-electron chi connectivity index (χ0n) is 10.5. The van der Waals surface area contributed by atoms with Crippen molar-refractivity contribution in [2.24, 2.45) is 0 Å². The van der Waals surface area contributed by atoms with Crippen molar-refractivity contribution in [3.05, 3.63) is 0 Å². The Labute approximate surface area is 94.1 Å². The van der Waals surface area contributed by atoms with E-state index in [-0.39, 0.29) is 0 Å². The second-order valence-corrected chi connectivity index (χ2v) is 3.87. The van der Waals surface area contributed by atoms with Crippen molar-refractivity contribution in [3.8, 4) is 0 Å². The molecule has 0 saturated heterocycles. The Bertz CT molecular complexity index is 111. The first kappa shape index (κ1) is 17.3. The van der Waals surface area contributed by atoms with E-state index in [4.69, 9.17) is 15.3 Å². The zero-order valence-corrected chi connectivity index (χ0v) is 10.5. The maximum atomic E-state index is 9.11. The summed E-state index contributed by atoms with van der Waals surface area (Å²) in [5, 5.41) is 26.3. The van der Waals surface area contributed by atoms with Gasteiger partial charge in [0.2, 0.25) is 0 Å². The van der Waals surface area contributed by atoms with Crippen LogP contribution in [0.4, 0.5) is 0 Å². The summed E-state index contributed by atoms with van der Waals surface area (Å²) in [6.07, 6.45) is 6.10. The molecule has 0 rings (SSSR count). The van der Waals surface area contributed by atoms with Crippen LogP contribution in [0.2, 0.25) is 0 Å². The Hall–Kier alpha value is -0.120. The van der Waals surface area contributed by atoms with Gasteiger partial charge in [0.1, 0.15) is 0 Å². The number of unbranched alkanes of at least 4 members (excludes halogenated alkanes) is 3. The van der Waals surface area contributed by atoms with Crippen molar-refractivity contribution in [2.75, 3.05) is 6.61 Å². The van der Waals surface area contributed by atoms with Crippen LogP contribution in [0, 0.1) is 0 Å². The lowest BCUT2D eigenvalue weighted by Gasteiger charge is -2.18. The molecule has 15 heavy (non-hydrogen) atoms. The molecule has 0 saturated carbocycles. The van der Waals surface area contributed by atoms with Crippen LogP contribution in [-0.4, -0.2) is 27.7 Å². The van der Waals surface area contributed by atoms with Gasteiger partial charge < -0.3 is 15.3 Å². The number of hydrogen-bond acceptors (Lipinski definition) is 3. The molecule has 0 bridgehead atoms. The molecule has 94 valence electrons. The largest absolute Gasteiger partial charge is 0.396 e. The first-order valence-corrected chi connectivity index (χ1v) is 6.09. The highest BCUT2D eigenvalue weighted by Crippen LogP contribution is 2.14. The van der Waals surface area contributed by atoms with Gasteiger partial charge in [0, 0.05) is 13.0 Å². The second kappa shape index (κ2) is 12.0. The molecule has 0 aliphatic heterocycles. The van der Waals surface area contributed by atoms with Crippen molar-refractivity contribution >= 4 is 0 Å². The number of aliphatic hydroxyl groups is 3.